The third-order valence-corrected chi connectivity index (χ3v) is 5.70. The SMILES string of the molecule is O=C(NCc1ccccn1)c1coc(CCNCCc2nc3cc(-c4ccc(F)cc4)ccc3[nH]2)n1. The van der Waals surface area contributed by atoms with Crippen LogP contribution in [0.3, 0.4) is 0 Å². The Morgan fingerprint density at radius 2 is 1.81 bits per heavy atom. The molecule has 8 nitrogen and oxygen atoms in total. The van der Waals surface area contributed by atoms with Crippen LogP contribution < -0.4 is 10.6 Å². The fraction of sp³-hybridized carbons (Fsp3) is 0.185. The number of carbonyl (C=O) groups excluding carboxylic acids is 1. The molecule has 5 aromatic rings. The number of amides is 1. The van der Waals surface area contributed by atoms with Gasteiger partial charge in [0, 0.05) is 32.1 Å². The normalized spacial score (nSPS) is 11.1. The lowest BCUT2D eigenvalue weighted by Crippen LogP contribution is -2.24. The Bertz CT molecular complexity index is 1450. The summed E-state index contributed by atoms with van der Waals surface area (Å²) in [6.45, 7) is 1.71. The molecule has 0 spiro atoms. The number of H-pyrrole nitrogens is 1. The van der Waals surface area contributed by atoms with Crippen molar-refractivity contribution in [3.63, 3.8) is 0 Å². The van der Waals surface area contributed by atoms with Crippen LogP contribution in [-0.4, -0.2) is 38.9 Å². The zero-order valence-electron chi connectivity index (χ0n) is 19.5. The molecular weight excluding hydrogens is 459 g/mol. The molecule has 0 atom stereocenters. The van der Waals surface area contributed by atoms with E-state index in [1.807, 2.05) is 36.4 Å². The van der Waals surface area contributed by atoms with E-state index >= 15 is 0 Å². The molecule has 3 heterocycles. The number of imidazole rings is 1. The first-order valence-corrected chi connectivity index (χ1v) is 11.7. The van der Waals surface area contributed by atoms with E-state index < -0.39 is 0 Å². The van der Waals surface area contributed by atoms with Crippen molar-refractivity contribution in [2.75, 3.05) is 13.1 Å². The predicted octanol–water partition coefficient (Wildman–Crippen LogP) is 4.06. The van der Waals surface area contributed by atoms with Gasteiger partial charge in [-0.3, -0.25) is 9.78 Å². The fourth-order valence-corrected chi connectivity index (χ4v) is 3.82. The summed E-state index contributed by atoms with van der Waals surface area (Å²) < 4.78 is 18.6. The van der Waals surface area contributed by atoms with Crippen molar-refractivity contribution in [2.45, 2.75) is 19.4 Å². The number of hydrogen-bond acceptors (Lipinski definition) is 6. The summed E-state index contributed by atoms with van der Waals surface area (Å²) in [6.07, 6.45) is 4.35. The summed E-state index contributed by atoms with van der Waals surface area (Å²) in [5, 5.41) is 6.13. The summed E-state index contributed by atoms with van der Waals surface area (Å²) in [4.78, 5) is 28.7. The van der Waals surface area contributed by atoms with Gasteiger partial charge in [0.05, 0.1) is 23.3 Å². The molecule has 0 aliphatic rings. The molecule has 9 heteroatoms. The lowest BCUT2D eigenvalue weighted by Gasteiger charge is -2.02. The molecule has 0 bridgehead atoms. The number of hydrogen-bond donors (Lipinski definition) is 3. The van der Waals surface area contributed by atoms with E-state index in [4.69, 9.17) is 4.42 Å². The van der Waals surface area contributed by atoms with Gasteiger partial charge in [0.1, 0.15) is 17.9 Å². The van der Waals surface area contributed by atoms with Gasteiger partial charge < -0.3 is 20.0 Å². The van der Waals surface area contributed by atoms with Crippen LogP contribution in [0.4, 0.5) is 4.39 Å². The number of aromatic amines is 1. The molecule has 0 saturated heterocycles. The fourth-order valence-electron chi connectivity index (χ4n) is 3.82. The third kappa shape index (κ3) is 5.81. The Balaban J connectivity index is 1.07. The Morgan fingerprint density at radius 3 is 2.64 bits per heavy atom. The largest absolute Gasteiger partial charge is 0.448 e. The maximum atomic E-state index is 13.2. The maximum absolute atomic E-state index is 13.2. The summed E-state index contributed by atoms with van der Waals surface area (Å²) in [6, 6.07) is 18.0. The van der Waals surface area contributed by atoms with Gasteiger partial charge in [0.15, 0.2) is 11.6 Å². The average Bonchev–Trinajstić information content (AvgIpc) is 3.54. The highest BCUT2D eigenvalue weighted by Crippen LogP contribution is 2.23. The van der Waals surface area contributed by atoms with Crippen LogP contribution in [0, 0.1) is 5.82 Å². The highest BCUT2D eigenvalue weighted by molar-refractivity contribution is 5.91. The van der Waals surface area contributed by atoms with E-state index in [1.54, 1.807) is 18.3 Å². The number of nitrogens with one attached hydrogen (secondary N) is 3. The second kappa shape index (κ2) is 10.9. The first-order valence-electron chi connectivity index (χ1n) is 11.7. The number of pyridine rings is 1. The number of benzene rings is 2. The van der Waals surface area contributed by atoms with Crippen LogP contribution in [0.5, 0.6) is 0 Å². The van der Waals surface area contributed by atoms with E-state index in [1.165, 1.54) is 18.4 Å². The smallest absolute Gasteiger partial charge is 0.273 e. The average molecular weight is 485 g/mol. The lowest BCUT2D eigenvalue weighted by atomic mass is 10.1. The minimum absolute atomic E-state index is 0.250. The number of fused-ring (bicyclic) bond motifs is 1. The zero-order chi connectivity index (χ0) is 24.7. The van der Waals surface area contributed by atoms with Gasteiger partial charge in [-0.1, -0.05) is 24.3 Å². The third-order valence-electron chi connectivity index (χ3n) is 5.70. The molecule has 0 radical (unpaired) electrons. The highest BCUT2D eigenvalue weighted by atomic mass is 19.1. The van der Waals surface area contributed by atoms with Gasteiger partial charge in [0.2, 0.25) is 0 Å². The van der Waals surface area contributed by atoms with E-state index in [2.05, 4.69) is 30.6 Å². The van der Waals surface area contributed by atoms with Crippen molar-refractivity contribution in [1.29, 1.82) is 0 Å². The molecule has 0 unspecified atom stereocenters. The van der Waals surface area contributed by atoms with E-state index in [0.717, 1.165) is 46.6 Å². The van der Waals surface area contributed by atoms with E-state index in [0.29, 0.717) is 25.4 Å². The minimum atomic E-state index is -0.295. The molecule has 0 fully saturated rings. The van der Waals surface area contributed by atoms with Crippen molar-refractivity contribution >= 4 is 16.9 Å². The van der Waals surface area contributed by atoms with Crippen LogP contribution in [0.2, 0.25) is 0 Å². The Hall–Kier alpha value is -4.37. The maximum Gasteiger partial charge on any atom is 0.273 e. The van der Waals surface area contributed by atoms with Crippen LogP contribution in [-0.2, 0) is 19.4 Å². The number of nitrogens with zero attached hydrogens (tertiary/aromatic N) is 3. The quantitative estimate of drug-likeness (QED) is 0.258. The van der Waals surface area contributed by atoms with Gasteiger partial charge in [-0.15, -0.1) is 0 Å². The van der Waals surface area contributed by atoms with Crippen molar-refractivity contribution in [2.24, 2.45) is 0 Å². The van der Waals surface area contributed by atoms with Crippen molar-refractivity contribution < 1.29 is 13.6 Å². The molecule has 0 saturated carbocycles. The second-order valence-corrected chi connectivity index (χ2v) is 8.30. The van der Waals surface area contributed by atoms with Crippen molar-refractivity contribution in [3.05, 3.63) is 102 Å². The number of halogens is 1. The number of rotatable bonds is 10. The van der Waals surface area contributed by atoms with Crippen LogP contribution in [0.15, 0.2) is 77.5 Å². The number of oxazole rings is 1. The molecule has 3 aromatic heterocycles. The Morgan fingerprint density at radius 1 is 0.972 bits per heavy atom. The summed E-state index contributed by atoms with van der Waals surface area (Å²) in [7, 11) is 0. The molecule has 2 aromatic carbocycles. The zero-order valence-corrected chi connectivity index (χ0v) is 19.5. The molecule has 182 valence electrons. The van der Waals surface area contributed by atoms with E-state index in [-0.39, 0.29) is 17.4 Å². The van der Waals surface area contributed by atoms with Crippen molar-refractivity contribution in [3.8, 4) is 11.1 Å². The molecule has 3 N–H and O–H groups in total. The topological polar surface area (TPSA) is 109 Å². The summed E-state index contributed by atoms with van der Waals surface area (Å²) in [5.41, 5.74) is 4.81. The molecule has 5 rings (SSSR count). The molecule has 0 aliphatic carbocycles. The molecule has 1 amide bonds. The second-order valence-electron chi connectivity index (χ2n) is 8.30. The van der Waals surface area contributed by atoms with E-state index in [9.17, 15) is 9.18 Å². The van der Waals surface area contributed by atoms with Crippen LogP contribution in [0.1, 0.15) is 27.9 Å². The molecule has 0 aliphatic heterocycles. The Kier molecular flexibility index (Phi) is 7.09. The first kappa shape index (κ1) is 23.4. The Labute approximate surface area is 207 Å². The molecular formula is C27H25FN6O2. The number of carbonyl (C=O) groups is 1. The molecule has 36 heavy (non-hydrogen) atoms. The standard InChI is InChI=1S/C27H25FN6O2/c28-20-7-4-18(5-8-20)19-6-9-22-23(15-19)33-25(32-22)10-13-29-14-11-26-34-24(17-36-26)27(35)31-16-21-3-1-2-12-30-21/h1-9,12,15,17,29H,10-11,13-14,16H2,(H,31,35)(H,32,33). The van der Waals surface area contributed by atoms with Gasteiger partial charge in [-0.2, -0.15) is 0 Å². The van der Waals surface area contributed by atoms with Gasteiger partial charge in [-0.25, -0.2) is 14.4 Å². The highest BCUT2D eigenvalue weighted by Gasteiger charge is 2.12. The van der Waals surface area contributed by atoms with Gasteiger partial charge in [0.25, 0.3) is 5.91 Å². The van der Waals surface area contributed by atoms with Crippen LogP contribution >= 0.6 is 0 Å². The van der Waals surface area contributed by atoms with Gasteiger partial charge in [-0.05, 0) is 47.5 Å². The van der Waals surface area contributed by atoms with Crippen molar-refractivity contribution in [1.82, 2.24) is 30.6 Å². The first-order chi connectivity index (χ1) is 17.6. The predicted molar refractivity (Wildman–Crippen MR) is 134 cm³/mol. The number of aromatic nitrogens is 4. The lowest BCUT2D eigenvalue weighted by molar-refractivity contribution is 0.0945. The minimum Gasteiger partial charge on any atom is -0.448 e. The van der Waals surface area contributed by atoms with Gasteiger partial charge >= 0.3 is 0 Å². The monoisotopic (exact) mass is 484 g/mol. The summed E-state index contributed by atoms with van der Waals surface area (Å²) >= 11 is 0. The summed E-state index contributed by atoms with van der Waals surface area (Å²) in [5.74, 6) is 0.843. The van der Waals surface area contributed by atoms with Crippen LogP contribution in [0.25, 0.3) is 22.2 Å².